The molecule has 1 aliphatic rings. The number of H-pyrrole nitrogens is 1. The zero-order valence-electron chi connectivity index (χ0n) is 16.7. The van der Waals surface area contributed by atoms with Gasteiger partial charge in [-0.25, -0.2) is 0 Å². The van der Waals surface area contributed by atoms with E-state index in [2.05, 4.69) is 75.5 Å². The molecule has 1 aliphatic heterocycles. The summed E-state index contributed by atoms with van der Waals surface area (Å²) in [7, 11) is 0. The molecule has 0 spiro atoms. The van der Waals surface area contributed by atoms with Crippen LogP contribution in [0.15, 0.2) is 85.2 Å². The molecule has 5 nitrogen and oxygen atoms in total. The fraction of sp³-hybridized carbons (Fsp3) is 0.200. The summed E-state index contributed by atoms with van der Waals surface area (Å²) in [6, 6.07) is 25.3. The van der Waals surface area contributed by atoms with Gasteiger partial charge in [0.25, 0.3) is 5.91 Å². The lowest BCUT2D eigenvalue weighted by atomic mass is 9.96. The van der Waals surface area contributed by atoms with Crippen molar-refractivity contribution in [1.82, 2.24) is 19.8 Å². The third kappa shape index (κ3) is 3.60. The van der Waals surface area contributed by atoms with Crippen molar-refractivity contribution in [3.63, 3.8) is 0 Å². The maximum Gasteiger partial charge on any atom is 0.270 e. The van der Waals surface area contributed by atoms with E-state index in [1.54, 1.807) is 12.4 Å². The molecule has 5 rings (SSSR count). The number of fused-ring (bicyclic) bond motifs is 1. The second-order valence-electron chi connectivity index (χ2n) is 7.70. The van der Waals surface area contributed by atoms with Crippen molar-refractivity contribution in [3.05, 3.63) is 102 Å². The average Bonchev–Trinajstić information content (AvgIpc) is 3.25. The predicted octanol–water partition coefficient (Wildman–Crippen LogP) is 4.11. The van der Waals surface area contributed by atoms with Gasteiger partial charge in [0, 0.05) is 37.8 Å². The van der Waals surface area contributed by atoms with Crippen molar-refractivity contribution in [2.45, 2.75) is 6.04 Å². The molecule has 0 aliphatic carbocycles. The van der Waals surface area contributed by atoms with Gasteiger partial charge in [0.1, 0.15) is 5.69 Å². The van der Waals surface area contributed by atoms with Crippen LogP contribution in [0.2, 0.25) is 0 Å². The summed E-state index contributed by atoms with van der Waals surface area (Å²) in [6.07, 6.45) is 3.50. The first-order chi connectivity index (χ1) is 14.8. The largest absolute Gasteiger partial charge is 0.349 e. The van der Waals surface area contributed by atoms with E-state index in [-0.39, 0.29) is 11.9 Å². The standard InChI is InChI=1S/C25H24N4O/c30-25(22-17-21-11-12-26-18-23(21)27-22)29-15-13-28(14-16-29)24(19-7-3-1-4-8-19)20-9-5-2-6-10-20/h1-12,17-18,24,27H,13-16H2. The molecule has 2 aromatic heterocycles. The number of hydrogen-bond donors (Lipinski definition) is 1. The monoisotopic (exact) mass is 396 g/mol. The van der Waals surface area contributed by atoms with Crippen LogP contribution in [-0.2, 0) is 0 Å². The highest BCUT2D eigenvalue weighted by Crippen LogP contribution is 2.29. The minimum Gasteiger partial charge on any atom is -0.349 e. The smallest absolute Gasteiger partial charge is 0.270 e. The fourth-order valence-electron chi connectivity index (χ4n) is 4.33. The predicted molar refractivity (Wildman–Crippen MR) is 118 cm³/mol. The van der Waals surface area contributed by atoms with Gasteiger partial charge < -0.3 is 9.88 Å². The van der Waals surface area contributed by atoms with Crippen molar-refractivity contribution in [1.29, 1.82) is 0 Å². The molecule has 1 amide bonds. The van der Waals surface area contributed by atoms with Crippen LogP contribution in [-0.4, -0.2) is 51.9 Å². The number of amides is 1. The number of aromatic amines is 1. The summed E-state index contributed by atoms with van der Waals surface area (Å²) in [5.74, 6) is 0.0572. The summed E-state index contributed by atoms with van der Waals surface area (Å²) < 4.78 is 0. The molecular formula is C25H24N4O. The van der Waals surface area contributed by atoms with E-state index in [9.17, 15) is 4.79 Å². The Morgan fingerprint density at radius 2 is 1.50 bits per heavy atom. The summed E-state index contributed by atoms with van der Waals surface area (Å²) in [4.78, 5) is 24.8. The van der Waals surface area contributed by atoms with Crippen LogP contribution in [0.3, 0.4) is 0 Å². The van der Waals surface area contributed by atoms with Gasteiger partial charge in [-0.15, -0.1) is 0 Å². The minimum absolute atomic E-state index is 0.0572. The van der Waals surface area contributed by atoms with Gasteiger partial charge >= 0.3 is 0 Å². The third-order valence-electron chi connectivity index (χ3n) is 5.85. The number of carbonyl (C=O) groups excluding carboxylic acids is 1. The Morgan fingerprint density at radius 3 is 2.10 bits per heavy atom. The molecule has 0 bridgehead atoms. The lowest BCUT2D eigenvalue weighted by molar-refractivity contribution is 0.0592. The number of nitrogens with zero attached hydrogens (tertiary/aromatic N) is 3. The number of nitrogens with one attached hydrogen (secondary N) is 1. The van der Waals surface area contributed by atoms with E-state index in [0.29, 0.717) is 18.8 Å². The second-order valence-corrected chi connectivity index (χ2v) is 7.70. The quantitative estimate of drug-likeness (QED) is 0.565. The van der Waals surface area contributed by atoms with Gasteiger partial charge in [-0.05, 0) is 23.3 Å². The molecule has 0 saturated carbocycles. The van der Waals surface area contributed by atoms with Gasteiger partial charge in [0.15, 0.2) is 0 Å². The van der Waals surface area contributed by atoms with E-state index < -0.39 is 0 Å². The lowest BCUT2D eigenvalue weighted by Crippen LogP contribution is -2.50. The van der Waals surface area contributed by atoms with Crippen molar-refractivity contribution in [2.75, 3.05) is 26.2 Å². The molecule has 4 aromatic rings. The van der Waals surface area contributed by atoms with E-state index in [0.717, 1.165) is 24.0 Å². The van der Waals surface area contributed by atoms with Crippen molar-refractivity contribution in [2.24, 2.45) is 0 Å². The first kappa shape index (κ1) is 18.6. The highest BCUT2D eigenvalue weighted by atomic mass is 16.2. The van der Waals surface area contributed by atoms with E-state index in [4.69, 9.17) is 0 Å². The Labute approximate surface area is 176 Å². The molecule has 0 atom stereocenters. The van der Waals surface area contributed by atoms with Gasteiger partial charge in [-0.1, -0.05) is 60.7 Å². The Balaban J connectivity index is 1.34. The Morgan fingerprint density at radius 1 is 0.867 bits per heavy atom. The first-order valence-corrected chi connectivity index (χ1v) is 10.4. The van der Waals surface area contributed by atoms with E-state index in [1.165, 1.54) is 11.1 Å². The molecule has 30 heavy (non-hydrogen) atoms. The molecule has 1 saturated heterocycles. The maximum absolute atomic E-state index is 13.0. The number of benzene rings is 2. The first-order valence-electron chi connectivity index (χ1n) is 10.4. The Hall–Kier alpha value is -3.44. The molecule has 2 aromatic carbocycles. The molecule has 0 unspecified atom stereocenters. The van der Waals surface area contributed by atoms with Crippen LogP contribution in [0.4, 0.5) is 0 Å². The van der Waals surface area contributed by atoms with Crippen LogP contribution < -0.4 is 0 Å². The Kier molecular flexibility index (Phi) is 5.03. The minimum atomic E-state index is 0.0572. The molecule has 0 radical (unpaired) electrons. The highest BCUT2D eigenvalue weighted by molar-refractivity contribution is 5.97. The molecule has 3 heterocycles. The summed E-state index contributed by atoms with van der Waals surface area (Å²) in [6.45, 7) is 3.09. The number of hydrogen-bond acceptors (Lipinski definition) is 3. The maximum atomic E-state index is 13.0. The zero-order valence-corrected chi connectivity index (χ0v) is 16.7. The van der Waals surface area contributed by atoms with Crippen LogP contribution in [0, 0.1) is 0 Å². The topological polar surface area (TPSA) is 52.2 Å². The van der Waals surface area contributed by atoms with Gasteiger partial charge in [-0.2, -0.15) is 0 Å². The summed E-state index contributed by atoms with van der Waals surface area (Å²) in [5.41, 5.74) is 4.10. The number of rotatable bonds is 4. The fourth-order valence-corrected chi connectivity index (χ4v) is 4.33. The molecule has 5 heteroatoms. The molecule has 1 N–H and O–H groups in total. The van der Waals surface area contributed by atoms with Crippen LogP contribution >= 0.6 is 0 Å². The van der Waals surface area contributed by atoms with Crippen molar-refractivity contribution in [3.8, 4) is 0 Å². The average molecular weight is 396 g/mol. The number of aromatic nitrogens is 2. The zero-order chi connectivity index (χ0) is 20.3. The van der Waals surface area contributed by atoms with Gasteiger partial charge in [0.05, 0.1) is 17.8 Å². The van der Waals surface area contributed by atoms with Crippen molar-refractivity contribution < 1.29 is 4.79 Å². The molecule has 1 fully saturated rings. The highest BCUT2D eigenvalue weighted by Gasteiger charge is 2.29. The van der Waals surface area contributed by atoms with Gasteiger partial charge in [0.2, 0.25) is 0 Å². The Bertz CT molecular complexity index is 1060. The number of pyridine rings is 1. The normalized spacial score (nSPS) is 15.0. The van der Waals surface area contributed by atoms with E-state index in [1.807, 2.05) is 17.0 Å². The summed E-state index contributed by atoms with van der Waals surface area (Å²) >= 11 is 0. The molecule has 150 valence electrons. The van der Waals surface area contributed by atoms with Gasteiger partial charge in [-0.3, -0.25) is 14.7 Å². The second kappa shape index (κ2) is 8.13. The van der Waals surface area contributed by atoms with Crippen LogP contribution in [0.1, 0.15) is 27.7 Å². The lowest BCUT2D eigenvalue weighted by Gasteiger charge is -2.39. The summed E-state index contributed by atoms with van der Waals surface area (Å²) in [5, 5.41) is 1.01. The number of piperazine rings is 1. The van der Waals surface area contributed by atoms with Crippen LogP contribution in [0.25, 0.3) is 10.9 Å². The van der Waals surface area contributed by atoms with E-state index >= 15 is 0 Å². The SMILES string of the molecule is O=C(c1cc2ccncc2[nH]1)N1CCN(C(c2ccccc2)c2ccccc2)CC1. The van der Waals surface area contributed by atoms with Crippen LogP contribution in [0.5, 0.6) is 0 Å². The molecular weight excluding hydrogens is 372 g/mol. The third-order valence-corrected chi connectivity index (χ3v) is 5.85. The van der Waals surface area contributed by atoms with Crippen molar-refractivity contribution >= 4 is 16.8 Å². The number of carbonyl (C=O) groups is 1.